The molecule has 15 heavy (non-hydrogen) atoms. The summed E-state index contributed by atoms with van der Waals surface area (Å²) < 4.78 is 6.31. The number of methoxy groups -OCH3 is 1. The number of nitrogens with one attached hydrogen (secondary N) is 1. The molecule has 0 amide bonds. The highest BCUT2D eigenvalue weighted by molar-refractivity contribution is 9.10. The third-order valence-corrected chi connectivity index (χ3v) is 2.74. The lowest BCUT2D eigenvalue weighted by atomic mass is 10.2. The third kappa shape index (κ3) is 3.81. The van der Waals surface area contributed by atoms with Gasteiger partial charge in [0.1, 0.15) is 5.75 Å². The molecule has 0 radical (unpaired) electrons. The molecule has 0 fully saturated rings. The van der Waals surface area contributed by atoms with E-state index in [-0.39, 0.29) is 0 Å². The normalized spacial score (nSPS) is 12.5. The number of nitrogens with two attached hydrogens (primary N) is 1. The lowest BCUT2D eigenvalue weighted by Gasteiger charge is -2.13. The van der Waals surface area contributed by atoms with Crippen molar-refractivity contribution in [2.24, 2.45) is 5.73 Å². The van der Waals surface area contributed by atoms with Crippen molar-refractivity contribution in [1.82, 2.24) is 5.32 Å². The van der Waals surface area contributed by atoms with Crippen molar-refractivity contribution in [3.05, 3.63) is 28.2 Å². The van der Waals surface area contributed by atoms with Crippen LogP contribution in [0.5, 0.6) is 5.75 Å². The molecule has 0 saturated heterocycles. The lowest BCUT2D eigenvalue weighted by molar-refractivity contribution is 0.405. The van der Waals surface area contributed by atoms with Crippen LogP contribution < -0.4 is 15.8 Å². The fraction of sp³-hybridized carbons (Fsp3) is 0.455. The summed E-state index contributed by atoms with van der Waals surface area (Å²) in [5.41, 5.74) is 6.67. The Hall–Kier alpha value is -0.580. The zero-order valence-corrected chi connectivity index (χ0v) is 10.7. The van der Waals surface area contributed by atoms with Gasteiger partial charge in [-0.05, 0) is 19.1 Å². The van der Waals surface area contributed by atoms with Crippen LogP contribution in [0.15, 0.2) is 22.7 Å². The maximum atomic E-state index is 5.53. The van der Waals surface area contributed by atoms with Crippen LogP contribution in [0.2, 0.25) is 0 Å². The molecule has 1 rings (SSSR count). The Labute approximate surface area is 99.1 Å². The number of hydrogen-bond acceptors (Lipinski definition) is 3. The van der Waals surface area contributed by atoms with Gasteiger partial charge in [-0.25, -0.2) is 0 Å². The van der Waals surface area contributed by atoms with Crippen molar-refractivity contribution in [3.8, 4) is 5.75 Å². The SMILES string of the molecule is COc1cc(Br)ccc1CN[C@@H](C)CN. The van der Waals surface area contributed by atoms with Gasteiger partial charge in [-0.2, -0.15) is 0 Å². The molecule has 4 heteroatoms. The molecule has 0 bridgehead atoms. The third-order valence-electron chi connectivity index (χ3n) is 2.24. The highest BCUT2D eigenvalue weighted by atomic mass is 79.9. The number of ether oxygens (including phenoxy) is 1. The Morgan fingerprint density at radius 3 is 2.87 bits per heavy atom. The minimum Gasteiger partial charge on any atom is -0.496 e. The Morgan fingerprint density at radius 1 is 1.53 bits per heavy atom. The van der Waals surface area contributed by atoms with E-state index in [1.165, 1.54) is 0 Å². The molecule has 0 unspecified atom stereocenters. The molecule has 0 saturated carbocycles. The smallest absolute Gasteiger partial charge is 0.124 e. The minimum absolute atomic E-state index is 0.318. The Bertz CT molecular complexity index is 317. The van der Waals surface area contributed by atoms with Crippen LogP contribution in [-0.2, 0) is 6.54 Å². The first-order valence-corrected chi connectivity index (χ1v) is 5.72. The van der Waals surface area contributed by atoms with Crippen molar-refractivity contribution in [2.45, 2.75) is 19.5 Å². The van der Waals surface area contributed by atoms with E-state index in [9.17, 15) is 0 Å². The van der Waals surface area contributed by atoms with Gasteiger partial charge in [0.25, 0.3) is 0 Å². The van der Waals surface area contributed by atoms with Crippen LogP contribution in [0.4, 0.5) is 0 Å². The van der Waals surface area contributed by atoms with E-state index in [2.05, 4.69) is 28.2 Å². The number of hydrogen-bond donors (Lipinski definition) is 2. The zero-order chi connectivity index (χ0) is 11.3. The van der Waals surface area contributed by atoms with Crippen molar-refractivity contribution in [1.29, 1.82) is 0 Å². The number of benzene rings is 1. The van der Waals surface area contributed by atoms with Gasteiger partial charge < -0.3 is 15.8 Å². The maximum Gasteiger partial charge on any atom is 0.124 e. The van der Waals surface area contributed by atoms with Gasteiger partial charge >= 0.3 is 0 Å². The molecule has 1 atom stereocenters. The molecular weight excluding hydrogens is 256 g/mol. The Kier molecular flexibility index (Phi) is 5.08. The summed E-state index contributed by atoms with van der Waals surface area (Å²) in [6.07, 6.45) is 0. The summed E-state index contributed by atoms with van der Waals surface area (Å²) in [5, 5.41) is 3.32. The van der Waals surface area contributed by atoms with Gasteiger partial charge in [-0.3, -0.25) is 0 Å². The van der Waals surface area contributed by atoms with Crippen molar-refractivity contribution in [2.75, 3.05) is 13.7 Å². The van der Waals surface area contributed by atoms with E-state index in [0.717, 1.165) is 22.3 Å². The predicted octanol–water partition coefficient (Wildman–Crippen LogP) is 1.89. The van der Waals surface area contributed by atoms with Gasteiger partial charge in [0.05, 0.1) is 7.11 Å². The van der Waals surface area contributed by atoms with Crippen LogP contribution in [-0.4, -0.2) is 19.7 Å². The molecule has 0 aliphatic carbocycles. The van der Waals surface area contributed by atoms with Gasteiger partial charge in [-0.1, -0.05) is 22.0 Å². The Morgan fingerprint density at radius 2 is 2.27 bits per heavy atom. The van der Waals surface area contributed by atoms with Gasteiger partial charge in [0, 0.05) is 29.2 Å². The van der Waals surface area contributed by atoms with E-state index in [4.69, 9.17) is 10.5 Å². The molecule has 0 aliphatic rings. The van der Waals surface area contributed by atoms with Crippen molar-refractivity contribution < 1.29 is 4.74 Å². The molecule has 0 heterocycles. The minimum atomic E-state index is 0.318. The summed E-state index contributed by atoms with van der Waals surface area (Å²) >= 11 is 3.41. The highest BCUT2D eigenvalue weighted by Crippen LogP contribution is 2.23. The lowest BCUT2D eigenvalue weighted by Crippen LogP contribution is -2.32. The monoisotopic (exact) mass is 272 g/mol. The molecule has 0 aromatic heterocycles. The van der Waals surface area contributed by atoms with Crippen LogP contribution in [0, 0.1) is 0 Å². The molecule has 3 nitrogen and oxygen atoms in total. The molecule has 0 spiro atoms. The van der Waals surface area contributed by atoms with E-state index in [0.29, 0.717) is 12.6 Å². The summed E-state index contributed by atoms with van der Waals surface area (Å²) in [6.45, 7) is 3.47. The standard InChI is InChI=1S/C11H17BrN2O/c1-8(6-13)14-7-9-3-4-10(12)5-11(9)15-2/h3-5,8,14H,6-7,13H2,1-2H3/t8-/m0/s1. The van der Waals surface area contributed by atoms with Crippen LogP contribution in [0.1, 0.15) is 12.5 Å². The zero-order valence-electron chi connectivity index (χ0n) is 9.09. The summed E-state index contributed by atoms with van der Waals surface area (Å²) in [5.74, 6) is 0.890. The van der Waals surface area contributed by atoms with Crippen LogP contribution in [0.25, 0.3) is 0 Å². The van der Waals surface area contributed by atoms with Crippen molar-refractivity contribution >= 4 is 15.9 Å². The quantitative estimate of drug-likeness (QED) is 0.861. The van der Waals surface area contributed by atoms with E-state index in [1.54, 1.807) is 7.11 Å². The van der Waals surface area contributed by atoms with Gasteiger partial charge in [-0.15, -0.1) is 0 Å². The van der Waals surface area contributed by atoms with E-state index in [1.807, 2.05) is 18.2 Å². The predicted molar refractivity (Wildman–Crippen MR) is 66.1 cm³/mol. The van der Waals surface area contributed by atoms with Gasteiger partial charge in [0.15, 0.2) is 0 Å². The fourth-order valence-corrected chi connectivity index (χ4v) is 1.57. The summed E-state index contributed by atoms with van der Waals surface area (Å²) in [4.78, 5) is 0. The molecule has 1 aromatic rings. The summed E-state index contributed by atoms with van der Waals surface area (Å²) in [7, 11) is 1.68. The number of rotatable bonds is 5. The first-order valence-electron chi connectivity index (χ1n) is 4.93. The van der Waals surface area contributed by atoms with Crippen molar-refractivity contribution in [3.63, 3.8) is 0 Å². The van der Waals surface area contributed by atoms with E-state index >= 15 is 0 Å². The molecule has 1 aromatic carbocycles. The molecule has 0 aliphatic heterocycles. The second kappa shape index (κ2) is 6.10. The molecular formula is C11H17BrN2O. The topological polar surface area (TPSA) is 47.3 Å². The average molecular weight is 273 g/mol. The second-order valence-electron chi connectivity index (χ2n) is 3.47. The van der Waals surface area contributed by atoms with E-state index < -0.39 is 0 Å². The first-order chi connectivity index (χ1) is 7.17. The number of halogens is 1. The highest BCUT2D eigenvalue weighted by Gasteiger charge is 2.04. The van der Waals surface area contributed by atoms with Crippen LogP contribution in [0.3, 0.4) is 0 Å². The summed E-state index contributed by atoms with van der Waals surface area (Å²) in [6, 6.07) is 6.33. The maximum absolute atomic E-state index is 5.53. The first kappa shape index (κ1) is 12.5. The fourth-order valence-electron chi connectivity index (χ4n) is 1.23. The van der Waals surface area contributed by atoms with Crippen LogP contribution >= 0.6 is 15.9 Å². The van der Waals surface area contributed by atoms with Gasteiger partial charge in [0.2, 0.25) is 0 Å². The Balaban J connectivity index is 2.67. The second-order valence-corrected chi connectivity index (χ2v) is 4.39. The largest absolute Gasteiger partial charge is 0.496 e. The molecule has 3 N–H and O–H groups in total. The molecule has 84 valence electrons. The average Bonchev–Trinajstić information content (AvgIpc) is 2.26.